The van der Waals surface area contributed by atoms with E-state index >= 15 is 0 Å². The van der Waals surface area contributed by atoms with E-state index in [1.807, 2.05) is 66.7 Å². The van der Waals surface area contributed by atoms with E-state index in [1.54, 1.807) is 6.20 Å². The maximum Gasteiger partial charge on any atom is 0.182 e. The summed E-state index contributed by atoms with van der Waals surface area (Å²) in [6.07, 6.45) is 1.75. The molecule has 6 nitrogen and oxygen atoms in total. The third-order valence-electron chi connectivity index (χ3n) is 8.10. The minimum atomic E-state index is 0.530. The highest BCUT2D eigenvalue weighted by Gasteiger charge is 2.18. The van der Waals surface area contributed by atoms with Crippen LogP contribution in [0.5, 0.6) is 0 Å². The molecule has 6 heteroatoms. The van der Waals surface area contributed by atoms with Crippen molar-refractivity contribution in [3.63, 3.8) is 0 Å². The second-order valence-corrected chi connectivity index (χ2v) is 10.8. The molecule has 206 valence electrons. The van der Waals surface area contributed by atoms with Crippen LogP contribution in [0, 0.1) is 0 Å². The lowest BCUT2D eigenvalue weighted by Crippen LogP contribution is -2.00. The fraction of sp³-hybridized carbons (Fsp3) is 0. The summed E-state index contributed by atoms with van der Waals surface area (Å²) < 4.78 is 8.75. The van der Waals surface area contributed by atoms with E-state index in [9.17, 15) is 0 Å². The second kappa shape index (κ2) is 9.71. The topological polar surface area (TPSA) is 69.6 Å². The molecule has 0 unspecified atom stereocenters. The maximum absolute atomic E-state index is 6.45. The molecule has 0 saturated heterocycles. The average Bonchev–Trinajstić information content (AvgIpc) is 3.62. The number of nitrogens with zero attached hydrogens (tertiary/aromatic N) is 5. The van der Waals surface area contributed by atoms with Crippen LogP contribution in [0.3, 0.4) is 0 Å². The van der Waals surface area contributed by atoms with Crippen LogP contribution < -0.4 is 0 Å². The first-order valence-electron chi connectivity index (χ1n) is 14.5. The molecule has 0 aliphatic heterocycles. The first kappa shape index (κ1) is 24.5. The van der Waals surface area contributed by atoms with E-state index < -0.39 is 0 Å². The lowest BCUT2D eigenvalue weighted by Gasteiger charge is -2.08. The SMILES string of the molecule is c1ccc(-c2nc(-c3ccc4oc5cc6c(cc5c4c3)c3ccccc3n6-c3ccccc3)nc(-c3ccccn3)n2)cc1. The Labute approximate surface area is 251 Å². The van der Waals surface area contributed by atoms with Crippen molar-refractivity contribution in [2.45, 2.75) is 0 Å². The Morgan fingerprint density at radius 3 is 1.98 bits per heavy atom. The van der Waals surface area contributed by atoms with Crippen molar-refractivity contribution in [2.24, 2.45) is 0 Å². The summed E-state index contributed by atoms with van der Waals surface area (Å²) in [7, 11) is 0. The molecule has 0 atom stereocenters. The molecule has 0 radical (unpaired) electrons. The summed E-state index contributed by atoms with van der Waals surface area (Å²) in [5, 5.41) is 4.43. The summed E-state index contributed by atoms with van der Waals surface area (Å²) in [6, 6.07) is 45.2. The summed E-state index contributed by atoms with van der Waals surface area (Å²) in [6.45, 7) is 0. The number of pyridine rings is 1. The Hall–Kier alpha value is -6.14. The van der Waals surface area contributed by atoms with Gasteiger partial charge in [-0.15, -0.1) is 0 Å². The van der Waals surface area contributed by atoms with Gasteiger partial charge in [-0.25, -0.2) is 15.0 Å². The molecule has 44 heavy (non-hydrogen) atoms. The molecule has 4 aromatic heterocycles. The van der Waals surface area contributed by atoms with E-state index in [4.69, 9.17) is 19.4 Å². The second-order valence-electron chi connectivity index (χ2n) is 10.8. The number of furan rings is 1. The zero-order valence-electron chi connectivity index (χ0n) is 23.4. The van der Waals surface area contributed by atoms with Crippen molar-refractivity contribution in [3.05, 3.63) is 140 Å². The van der Waals surface area contributed by atoms with Crippen molar-refractivity contribution in [2.75, 3.05) is 0 Å². The van der Waals surface area contributed by atoms with Crippen LogP contribution in [0.25, 0.3) is 83.7 Å². The standard InChI is InChI=1S/C38H23N5O/c1-3-11-24(12-4-1)36-40-37(42-38(41-36)31-16-9-10-20-39-31)25-18-19-34-29(21-25)30-22-28-27-15-7-8-17-32(27)43(26-13-5-2-6-14-26)33(28)23-35(30)44-34/h1-23H. The quantitative estimate of drug-likeness (QED) is 0.213. The fourth-order valence-corrected chi connectivity index (χ4v) is 6.06. The van der Waals surface area contributed by atoms with E-state index in [1.165, 1.54) is 10.8 Å². The van der Waals surface area contributed by atoms with E-state index in [0.717, 1.165) is 49.8 Å². The van der Waals surface area contributed by atoms with Crippen LogP contribution in [-0.2, 0) is 0 Å². The highest BCUT2D eigenvalue weighted by atomic mass is 16.3. The van der Waals surface area contributed by atoms with Crippen molar-refractivity contribution < 1.29 is 4.42 Å². The number of fused-ring (bicyclic) bond motifs is 6. The van der Waals surface area contributed by atoms with Gasteiger partial charge >= 0.3 is 0 Å². The van der Waals surface area contributed by atoms with Crippen LogP contribution >= 0.6 is 0 Å². The first-order valence-corrected chi connectivity index (χ1v) is 14.5. The minimum Gasteiger partial charge on any atom is -0.456 e. The maximum atomic E-state index is 6.45. The Kier molecular flexibility index (Phi) is 5.40. The Morgan fingerprint density at radius 2 is 1.16 bits per heavy atom. The molecule has 9 rings (SSSR count). The smallest absolute Gasteiger partial charge is 0.182 e. The van der Waals surface area contributed by atoms with Gasteiger partial charge in [0, 0.05) is 50.6 Å². The third kappa shape index (κ3) is 3.89. The molecule has 9 aromatic rings. The van der Waals surface area contributed by atoms with Gasteiger partial charge in [-0.05, 0) is 54.6 Å². The fourth-order valence-electron chi connectivity index (χ4n) is 6.06. The monoisotopic (exact) mass is 565 g/mol. The van der Waals surface area contributed by atoms with E-state index in [2.05, 4.69) is 76.3 Å². The number of hydrogen-bond acceptors (Lipinski definition) is 5. The van der Waals surface area contributed by atoms with Crippen molar-refractivity contribution in [3.8, 4) is 40.0 Å². The lowest BCUT2D eigenvalue weighted by molar-refractivity contribution is 0.669. The van der Waals surface area contributed by atoms with Crippen LogP contribution in [0.15, 0.2) is 144 Å². The number of para-hydroxylation sites is 2. The molecule has 0 aliphatic rings. The molecule has 0 amide bonds. The largest absolute Gasteiger partial charge is 0.456 e. The summed E-state index contributed by atoms with van der Waals surface area (Å²) in [5.74, 6) is 1.71. The molecule has 0 spiro atoms. The van der Waals surface area contributed by atoms with E-state index in [0.29, 0.717) is 23.2 Å². The molecule has 0 aliphatic carbocycles. The number of rotatable bonds is 4. The number of hydrogen-bond donors (Lipinski definition) is 0. The number of aromatic nitrogens is 5. The molecular formula is C38H23N5O. The first-order chi connectivity index (χ1) is 21.8. The van der Waals surface area contributed by atoms with Crippen molar-refractivity contribution in [1.82, 2.24) is 24.5 Å². The Bertz CT molecular complexity index is 2430. The van der Waals surface area contributed by atoms with Crippen molar-refractivity contribution >= 4 is 43.7 Å². The molecule has 0 bridgehead atoms. The van der Waals surface area contributed by atoms with Gasteiger partial charge in [0.1, 0.15) is 16.9 Å². The van der Waals surface area contributed by atoms with Gasteiger partial charge in [0.2, 0.25) is 0 Å². The predicted molar refractivity (Wildman–Crippen MR) is 176 cm³/mol. The van der Waals surface area contributed by atoms with Gasteiger partial charge in [0.05, 0.1) is 11.0 Å². The van der Waals surface area contributed by atoms with Crippen LogP contribution in [0.4, 0.5) is 0 Å². The summed E-state index contributed by atoms with van der Waals surface area (Å²) in [4.78, 5) is 19.1. The predicted octanol–water partition coefficient (Wildman–Crippen LogP) is 9.26. The normalized spacial score (nSPS) is 11.6. The zero-order valence-corrected chi connectivity index (χ0v) is 23.4. The highest BCUT2D eigenvalue weighted by Crippen LogP contribution is 2.39. The van der Waals surface area contributed by atoms with Gasteiger partial charge in [0.15, 0.2) is 17.5 Å². The van der Waals surface area contributed by atoms with E-state index in [-0.39, 0.29) is 0 Å². The molecule has 0 N–H and O–H groups in total. The average molecular weight is 566 g/mol. The van der Waals surface area contributed by atoms with Crippen LogP contribution in [0.2, 0.25) is 0 Å². The van der Waals surface area contributed by atoms with Crippen molar-refractivity contribution in [1.29, 1.82) is 0 Å². The van der Waals surface area contributed by atoms with Crippen LogP contribution in [0.1, 0.15) is 0 Å². The van der Waals surface area contributed by atoms with Gasteiger partial charge in [-0.2, -0.15) is 0 Å². The van der Waals surface area contributed by atoms with Gasteiger partial charge in [0.25, 0.3) is 0 Å². The zero-order chi connectivity index (χ0) is 29.0. The van der Waals surface area contributed by atoms with Gasteiger partial charge < -0.3 is 8.98 Å². The summed E-state index contributed by atoms with van der Waals surface area (Å²) >= 11 is 0. The molecule has 0 fully saturated rings. The molecule has 4 heterocycles. The Balaban J connectivity index is 1.27. The summed E-state index contributed by atoms with van der Waals surface area (Å²) in [5.41, 5.74) is 7.52. The molecular weight excluding hydrogens is 542 g/mol. The molecule has 5 aromatic carbocycles. The Morgan fingerprint density at radius 1 is 0.455 bits per heavy atom. The molecule has 0 saturated carbocycles. The van der Waals surface area contributed by atoms with Gasteiger partial charge in [-0.3, -0.25) is 4.98 Å². The lowest BCUT2D eigenvalue weighted by atomic mass is 10.1. The third-order valence-corrected chi connectivity index (χ3v) is 8.10. The number of benzene rings is 5. The van der Waals surface area contributed by atoms with Crippen LogP contribution in [-0.4, -0.2) is 24.5 Å². The van der Waals surface area contributed by atoms with Gasteiger partial charge in [-0.1, -0.05) is 72.8 Å². The minimum absolute atomic E-state index is 0.530. The highest BCUT2D eigenvalue weighted by molar-refractivity contribution is 6.17.